The van der Waals surface area contributed by atoms with Crippen LogP contribution in [-0.4, -0.2) is 32.1 Å². The molecule has 128 valence electrons. The van der Waals surface area contributed by atoms with Gasteiger partial charge in [0, 0.05) is 17.3 Å². The van der Waals surface area contributed by atoms with E-state index in [1.54, 1.807) is 25.1 Å². The number of nitrogens with one attached hydrogen (secondary N) is 2. The fourth-order valence-corrected chi connectivity index (χ4v) is 3.17. The molecule has 0 radical (unpaired) electrons. The molecular weight excluding hydrogens is 328 g/mol. The molecule has 2 rings (SSSR count). The predicted molar refractivity (Wildman–Crippen MR) is 92.4 cm³/mol. The number of benzene rings is 2. The molecule has 24 heavy (non-hydrogen) atoms. The van der Waals surface area contributed by atoms with E-state index in [0.717, 1.165) is 5.56 Å². The molecule has 0 heterocycles. The van der Waals surface area contributed by atoms with Gasteiger partial charge in [0.25, 0.3) is 15.9 Å². The molecule has 0 aromatic heterocycles. The number of hydrogen-bond acceptors (Lipinski definition) is 4. The van der Waals surface area contributed by atoms with Gasteiger partial charge in [0.15, 0.2) is 0 Å². The summed E-state index contributed by atoms with van der Waals surface area (Å²) in [4.78, 5) is 12.1. The van der Waals surface area contributed by atoms with Crippen molar-refractivity contribution >= 4 is 21.6 Å². The standard InChI is InChI=1S/C17H20N2O4S/c1-12-5-3-7-15(9-12)19-24(22,23)16-8-4-6-14(10-16)17(21)18-13(2)11-20/h3-10,13,19-20H,11H2,1-2H3,(H,18,21)/t13-/m1/s1. The molecule has 3 N–H and O–H groups in total. The van der Waals surface area contributed by atoms with E-state index in [9.17, 15) is 13.2 Å². The highest BCUT2D eigenvalue weighted by atomic mass is 32.2. The Labute approximate surface area is 141 Å². The second-order valence-corrected chi connectivity index (χ2v) is 7.24. The zero-order chi connectivity index (χ0) is 17.7. The van der Waals surface area contributed by atoms with E-state index in [2.05, 4.69) is 10.0 Å². The van der Waals surface area contributed by atoms with Gasteiger partial charge in [0.2, 0.25) is 0 Å². The number of aliphatic hydroxyl groups excluding tert-OH is 1. The summed E-state index contributed by atoms with van der Waals surface area (Å²) in [6, 6.07) is 12.3. The summed E-state index contributed by atoms with van der Waals surface area (Å²) in [6.45, 7) is 3.32. The molecule has 0 fully saturated rings. The molecule has 2 aromatic carbocycles. The van der Waals surface area contributed by atoms with Gasteiger partial charge >= 0.3 is 0 Å². The molecule has 2 aromatic rings. The van der Waals surface area contributed by atoms with Crippen molar-refractivity contribution in [2.45, 2.75) is 24.8 Å². The van der Waals surface area contributed by atoms with Crippen LogP contribution in [0.3, 0.4) is 0 Å². The predicted octanol–water partition coefficient (Wildman–Crippen LogP) is 1.91. The van der Waals surface area contributed by atoms with Crippen LogP contribution >= 0.6 is 0 Å². The number of aryl methyl sites for hydroxylation is 1. The average molecular weight is 348 g/mol. The molecule has 0 unspecified atom stereocenters. The smallest absolute Gasteiger partial charge is 0.261 e. The molecule has 6 nitrogen and oxygen atoms in total. The summed E-state index contributed by atoms with van der Waals surface area (Å²) in [6.07, 6.45) is 0. The third-order valence-corrected chi connectivity index (χ3v) is 4.71. The fraction of sp³-hybridized carbons (Fsp3) is 0.235. The SMILES string of the molecule is Cc1cccc(NS(=O)(=O)c2cccc(C(=O)N[C@H](C)CO)c2)c1. The third-order valence-electron chi connectivity index (χ3n) is 3.33. The van der Waals surface area contributed by atoms with Crippen LogP contribution in [0, 0.1) is 6.92 Å². The highest BCUT2D eigenvalue weighted by Gasteiger charge is 2.17. The summed E-state index contributed by atoms with van der Waals surface area (Å²) in [5.74, 6) is -0.441. The van der Waals surface area contributed by atoms with Crippen molar-refractivity contribution in [3.8, 4) is 0 Å². The molecular formula is C17H20N2O4S. The molecule has 1 amide bonds. The molecule has 0 bridgehead atoms. The van der Waals surface area contributed by atoms with Gasteiger partial charge < -0.3 is 10.4 Å². The number of sulfonamides is 1. The number of hydrogen-bond donors (Lipinski definition) is 3. The highest BCUT2D eigenvalue weighted by molar-refractivity contribution is 7.92. The van der Waals surface area contributed by atoms with Crippen LogP contribution in [0.2, 0.25) is 0 Å². The Balaban J connectivity index is 2.25. The quantitative estimate of drug-likeness (QED) is 0.743. The van der Waals surface area contributed by atoms with Crippen molar-refractivity contribution in [2.24, 2.45) is 0 Å². The topological polar surface area (TPSA) is 95.5 Å². The summed E-state index contributed by atoms with van der Waals surface area (Å²) in [5.41, 5.74) is 1.60. The normalized spacial score (nSPS) is 12.5. The number of amides is 1. The van der Waals surface area contributed by atoms with E-state index >= 15 is 0 Å². The third kappa shape index (κ3) is 4.56. The fourth-order valence-electron chi connectivity index (χ4n) is 2.08. The van der Waals surface area contributed by atoms with E-state index < -0.39 is 22.0 Å². The Bertz CT molecular complexity index is 834. The molecule has 7 heteroatoms. The Morgan fingerprint density at radius 2 is 1.88 bits per heavy atom. The number of carbonyl (C=O) groups is 1. The van der Waals surface area contributed by atoms with E-state index in [4.69, 9.17) is 5.11 Å². The first-order chi connectivity index (χ1) is 11.3. The van der Waals surface area contributed by atoms with Gasteiger partial charge in [-0.05, 0) is 49.7 Å². The molecule has 0 aliphatic heterocycles. The number of anilines is 1. The van der Waals surface area contributed by atoms with Gasteiger partial charge in [-0.2, -0.15) is 0 Å². The first kappa shape index (κ1) is 18.0. The van der Waals surface area contributed by atoms with Crippen molar-refractivity contribution in [3.05, 3.63) is 59.7 Å². The van der Waals surface area contributed by atoms with Gasteiger partial charge in [0.05, 0.1) is 11.5 Å². The average Bonchev–Trinajstić information content (AvgIpc) is 2.54. The second kappa shape index (κ2) is 7.46. The zero-order valence-corrected chi connectivity index (χ0v) is 14.3. The van der Waals surface area contributed by atoms with E-state index in [-0.39, 0.29) is 17.1 Å². The lowest BCUT2D eigenvalue weighted by Crippen LogP contribution is -2.35. The maximum atomic E-state index is 12.5. The molecule has 1 atom stereocenters. The number of aliphatic hydroxyl groups is 1. The maximum absolute atomic E-state index is 12.5. The molecule has 0 aliphatic carbocycles. The molecule has 0 spiro atoms. The first-order valence-corrected chi connectivity index (χ1v) is 8.91. The van der Waals surface area contributed by atoms with E-state index in [1.807, 2.05) is 13.0 Å². The molecule has 0 aliphatic rings. The summed E-state index contributed by atoms with van der Waals surface area (Å²) in [5, 5.41) is 11.6. The Kier molecular flexibility index (Phi) is 5.58. The van der Waals surface area contributed by atoms with Crippen LogP contribution in [0.4, 0.5) is 5.69 Å². The van der Waals surface area contributed by atoms with Crippen molar-refractivity contribution in [1.29, 1.82) is 0 Å². The lowest BCUT2D eigenvalue weighted by atomic mass is 10.2. The van der Waals surface area contributed by atoms with Crippen molar-refractivity contribution < 1.29 is 18.3 Å². The van der Waals surface area contributed by atoms with Gasteiger partial charge in [-0.15, -0.1) is 0 Å². The van der Waals surface area contributed by atoms with Crippen LogP contribution in [0.15, 0.2) is 53.4 Å². The van der Waals surface area contributed by atoms with Crippen LogP contribution in [-0.2, 0) is 10.0 Å². The minimum atomic E-state index is -3.80. The largest absolute Gasteiger partial charge is 0.394 e. The molecule has 0 saturated carbocycles. The number of rotatable bonds is 6. The summed E-state index contributed by atoms with van der Waals surface area (Å²) in [7, 11) is -3.80. The number of carbonyl (C=O) groups excluding carboxylic acids is 1. The van der Waals surface area contributed by atoms with E-state index in [0.29, 0.717) is 5.69 Å². The van der Waals surface area contributed by atoms with Crippen molar-refractivity contribution in [3.63, 3.8) is 0 Å². The summed E-state index contributed by atoms with van der Waals surface area (Å²) >= 11 is 0. The highest BCUT2D eigenvalue weighted by Crippen LogP contribution is 2.18. The first-order valence-electron chi connectivity index (χ1n) is 7.43. The van der Waals surface area contributed by atoms with E-state index in [1.165, 1.54) is 24.3 Å². The second-order valence-electron chi connectivity index (χ2n) is 5.56. The maximum Gasteiger partial charge on any atom is 0.261 e. The van der Waals surface area contributed by atoms with Crippen LogP contribution in [0.5, 0.6) is 0 Å². The zero-order valence-electron chi connectivity index (χ0n) is 13.5. The van der Waals surface area contributed by atoms with Crippen molar-refractivity contribution in [1.82, 2.24) is 5.32 Å². The lowest BCUT2D eigenvalue weighted by molar-refractivity contribution is 0.0922. The summed E-state index contributed by atoms with van der Waals surface area (Å²) < 4.78 is 27.5. The Hall–Kier alpha value is -2.38. The monoisotopic (exact) mass is 348 g/mol. The van der Waals surface area contributed by atoms with Crippen molar-refractivity contribution in [2.75, 3.05) is 11.3 Å². The Morgan fingerprint density at radius 1 is 1.17 bits per heavy atom. The Morgan fingerprint density at radius 3 is 2.54 bits per heavy atom. The van der Waals surface area contributed by atoms with Crippen LogP contribution < -0.4 is 10.0 Å². The van der Waals surface area contributed by atoms with Gasteiger partial charge in [-0.3, -0.25) is 9.52 Å². The van der Waals surface area contributed by atoms with Crippen LogP contribution in [0.1, 0.15) is 22.8 Å². The van der Waals surface area contributed by atoms with Gasteiger partial charge in [-0.1, -0.05) is 18.2 Å². The van der Waals surface area contributed by atoms with Gasteiger partial charge in [-0.25, -0.2) is 8.42 Å². The lowest BCUT2D eigenvalue weighted by Gasteiger charge is -2.12. The van der Waals surface area contributed by atoms with Crippen LogP contribution in [0.25, 0.3) is 0 Å². The van der Waals surface area contributed by atoms with Gasteiger partial charge in [0.1, 0.15) is 0 Å². The molecule has 0 saturated heterocycles. The minimum Gasteiger partial charge on any atom is -0.394 e. The minimum absolute atomic E-state index is 0.00620.